The van der Waals surface area contributed by atoms with Crippen LogP contribution in [0.25, 0.3) is 5.57 Å². The summed E-state index contributed by atoms with van der Waals surface area (Å²) in [4.78, 5) is 41.5. The molecule has 198 valence electrons. The number of phenols is 1. The van der Waals surface area contributed by atoms with Crippen LogP contribution >= 0.6 is 34.8 Å². The lowest BCUT2D eigenvalue weighted by Gasteiger charge is -2.50. The third-order valence-electron chi connectivity index (χ3n) is 5.99. The molecule has 12 heteroatoms. The van der Waals surface area contributed by atoms with Gasteiger partial charge >= 0.3 is 18.2 Å². The molecule has 1 aromatic carbocycles. The van der Waals surface area contributed by atoms with Crippen LogP contribution in [-0.2, 0) is 14.3 Å². The lowest BCUT2D eigenvalue weighted by Crippen LogP contribution is -2.65. The van der Waals surface area contributed by atoms with Crippen molar-refractivity contribution in [3.63, 3.8) is 0 Å². The Hall–Kier alpha value is -2.36. The number of aromatic hydroxyl groups is 1. The molecule has 2 heterocycles. The lowest BCUT2D eigenvalue weighted by molar-refractivity contribution is -0.134. The molecule has 1 fully saturated rings. The standard InChI is InChI=1S/C24H29Cl3N2O7/c1-22(2,3)35-20(33)28-11-14-10-16(13-6-8-15(30)9-7-13)18(19(31)32)17(12-28)29(14)21(34)36-23(4,5)24(25,26)27/h6-9,14,17,30H,10-12H2,1-5H3,(H,31,32). The van der Waals surface area contributed by atoms with Crippen LogP contribution in [0.2, 0.25) is 0 Å². The summed E-state index contributed by atoms with van der Waals surface area (Å²) in [6.07, 6.45) is -1.38. The minimum Gasteiger partial charge on any atom is -0.508 e. The SMILES string of the molecule is CC(C)(C)OC(=O)N1CC2CC(c3ccc(O)cc3)=C(C(=O)O)C(C1)N2C(=O)OC(C)(C)C(Cl)(Cl)Cl. The van der Waals surface area contributed by atoms with Gasteiger partial charge in [0.25, 0.3) is 0 Å². The largest absolute Gasteiger partial charge is 0.508 e. The number of carboxylic acid groups (broad SMARTS) is 1. The topological polar surface area (TPSA) is 117 Å². The fourth-order valence-corrected chi connectivity index (χ4v) is 4.31. The van der Waals surface area contributed by atoms with Crippen molar-refractivity contribution in [2.24, 2.45) is 0 Å². The van der Waals surface area contributed by atoms with Gasteiger partial charge in [-0.1, -0.05) is 46.9 Å². The number of carboxylic acids is 1. The van der Waals surface area contributed by atoms with Crippen molar-refractivity contribution >= 4 is 58.5 Å². The molecule has 3 rings (SSSR count). The molecule has 36 heavy (non-hydrogen) atoms. The summed E-state index contributed by atoms with van der Waals surface area (Å²) in [6, 6.07) is 4.40. The van der Waals surface area contributed by atoms with Gasteiger partial charge in [-0.05, 0) is 64.3 Å². The number of alkyl halides is 3. The lowest BCUT2D eigenvalue weighted by atomic mass is 9.82. The maximum Gasteiger partial charge on any atom is 0.411 e. The van der Waals surface area contributed by atoms with Crippen molar-refractivity contribution in [2.75, 3.05) is 13.1 Å². The molecule has 2 aliphatic heterocycles. The number of amides is 2. The maximum atomic E-state index is 13.4. The Morgan fingerprint density at radius 2 is 1.53 bits per heavy atom. The van der Waals surface area contributed by atoms with Gasteiger partial charge in [-0.25, -0.2) is 14.4 Å². The first-order valence-corrected chi connectivity index (χ1v) is 12.4. The van der Waals surface area contributed by atoms with Gasteiger partial charge in [0, 0.05) is 13.1 Å². The fourth-order valence-electron chi connectivity index (χ4n) is 4.20. The molecule has 0 saturated carbocycles. The number of carbonyl (C=O) groups is 3. The van der Waals surface area contributed by atoms with Gasteiger partial charge in [0.15, 0.2) is 5.60 Å². The molecule has 9 nitrogen and oxygen atoms in total. The first-order valence-electron chi connectivity index (χ1n) is 11.2. The molecule has 0 aromatic heterocycles. The van der Waals surface area contributed by atoms with Gasteiger partial charge in [0.2, 0.25) is 3.79 Å². The molecule has 0 spiro atoms. The Bertz CT molecular complexity index is 1070. The van der Waals surface area contributed by atoms with Crippen molar-refractivity contribution in [2.45, 2.75) is 68.1 Å². The summed E-state index contributed by atoms with van der Waals surface area (Å²) < 4.78 is 9.09. The highest BCUT2D eigenvalue weighted by atomic mass is 35.6. The summed E-state index contributed by atoms with van der Waals surface area (Å²) in [7, 11) is 0. The second-order valence-corrected chi connectivity index (χ2v) is 12.6. The van der Waals surface area contributed by atoms with Crippen molar-refractivity contribution in [1.82, 2.24) is 9.80 Å². The first kappa shape index (κ1) is 28.2. The summed E-state index contributed by atoms with van der Waals surface area (Å²) >= 11 is 18.0. The van der Waals surface area contributed by atoms with Crippen molar-refractivity contribution < 1.29 is 34.1 Å². The van der Waals surface area contributed by atoms with E-state index in [0.29, 0.717) is 11.1 Å². The fraction of sp³-hybridized carbons (Fsp3) is 0.542. The zero-order valence-corrected chi connectivity index (χ0v) is 22.8. The van der Waals surface area contributed by atoms with E-state index in [1.165, 1.54) is 35.8 Å². The Morgan fingerprint density at radius 1 is 0.944 bits per heavy atom. The van der Waals surface area contributed by atoms with Gasteiger partial charge in [-0.2, -0.15) is 0 Å². The van der Waals surface area contributed by atoms with Gasteiger partial charge in [0.05, 0.1) is 17.7 Å². The molecule has 2 N–H and O–H groups in total. The minimum atomic E-state index is -1.95. The van der Waals surface area contributed by atoms with Crippen LogP contribution in [0.5, 0.6) is 5.75 Å². The minimum absolute atomic E-state index is 0.0301. The number of piperazine rings is 1. The molecular weight excluding hydrogens is 535 g/mol. The van der Waals surface area contributed by atoms with E-state index >= 15 is 0 Å². The summed E-state index contributed by atoms with van der Waals surface area (Å²) in [5, 5.41) is 19.9. The summed E-state index contributed by atoms with van der Waals surface area (Å²) in [6.45, 7) is 7.97. The average molecular weight is 564 g/mol. The average Bonchev–Trinajstić information content (AvgIpc) is 2.70. The number of aliphatic carboxylic acids is 1. The number of benzene rings is 1. The van der Waals surface area contributed by atoms with Crippen LogP contribution in [0.4, 0.5) is 9.59 Å². The molecular formula is C24H29Cl3N2O7. The molecule has 2 bridgehead atoms. The zero-order chi connectivity index (χ0) is 27.2. The highest BCUT2D eigenvalue weighted by molar-refractivity contribution is 6.68. The van der Waals surface area contributed by atoms with Crippen LogP contribution < -0.4 is 0 Å². The number of fused-ring (bicyclic) bond motifs is 2. The van der Waals surface area contributed by atoms with Crippen LogP contribution in [-0.4, -0.2) is 78.3 Å². The number of phenolic OH excluding ortho intramolecular Hbond substituents is 1. The molecule has 0 radical (unpaired) electrons. The molecule has 1 aromatic rings. The zero-order valence-electron chi connectivity index (χ0n) is 20.5. The van der Waals surface area contributed by atoms with E-state index in [-0.39, 0.29) is 30.8 Å². The van der Waals surface area contributed by atoms with Crippen LogP contribution in [0, 0.1) is 0 Å². The molecule has 2 atom stereocenters. The quantitative estimate of drug-likeness (QED) is 0.485. The van der Waals surface area contributed by atoms with Gasteiger partial charge in [-0.3, -0.25) is 4.90 Å². The monoisotopic (exact) mass is 562 g/mol. The second-order valence-electron chi connectivity index (χ2n) is 10.3. The van der Waals surface area contributed by atoms with Gasteiger partial charge < -0.3 is 24.6 Å². The number of halogens is 3. The molecule has 2 unspecified atom stereocenters. The predicted molar refractivity (Wildman–Crippen MR) is 135 cm³/mol. The van der Waals surface area contributed by atoms with Crippen LogP contribution in [0.15, 0.2) is 29.8 Å². The van der Waals surface area contributed by atoms with E-state index in [2.05, 4.69) is 0 Å². The Labute approximate surface area is 224 Å². The van der Waals surface area contributed by atoms with Crippen molar-refractivity contribution in [3.8, 4) is 5.75 Å². The molecule has 0 aliphatic carbocycles. The van der Waals surface area contributed by atoms with E-state index < -0.39 is 45.2 Å². The number of hydrogen-bond donors (Lipinski definition) is 2. The smallest absolute Gasteiger partial charge is 0.411 e. The number of ether oxygens (including phenoxy) is 2. The van der Waals surface area contributed by atoms with E-state index in [4.69, 9.17) is 44.3 Å². The van der Waals surface area contributed by atoms with E-state index in [0.717, 1.165) is 0 Å². The van der Waals surface area contributed by atoms with Crippen LogP contribution in [0.1, 0.15) is 46.6 Å². The number of rotatable bonds is 3. The van der Waals surface area contributed by atoms with E-state index in [1.54, 1.807) is 32.9 Å². The Balaban J connectivity index is 2.07. The van der Waals surface area contributed by atoms with Gasteiger partial charge in [-0.15, -0.1) is 0 Å². The molecule has 2 aliphatic rings. The third-order valence-corrected chi connectivity index (χ3v) is 7.35. The third kappa shape index (κ3) is 5.95. The maximum absolute atomic E-state index is 13.4. The Kier molecular flexibility index (Phi) is 7.71. The van der Waals surface area contributed by atoms with Gasteiger partial charge in [0.1, 0.15) is 11.4 Å². The predicted octanol–water partition coefficient (Wildman–Crippen LogP) is 5.21. The van der Waals surface area contributed by atoms with Crippen molar-refractivity contribution in [1.29, 1.82) is 0 Å². The number of nitrogens with zero attached hydrogens (tertiary/aromatic N) is 2. The van der Waals surface area contributed by atoms with Crippen LogP contribution in [0.3, 0.4) is 0 Å². The van der Waals surface area contributed by atoms with E-state index in [1.807, 2.05) is 0 Å². The molecule has 2 amide bonds. The summed E-state index contributed by atoms with van der Waals surface area (Å²) in [5.41, 5.74) is -1.29. The first-order chi connectivity index (χ1) is 16.4. The number of hydrogen-bond acceptors (Lipinski definition) is 6. The van der Waals surface area contributed by atoms with Crippen molar-refractivity contribution in [3.05, 3.63) is 35.4 Å². The highest BCUT2D eigenvalue weighted by Crippen LogP contribution is 2.43. The molecule has 1 saturated heterocycles. The summed E-state index contributed by atoms with van der Waals surface area (Å²) in [5.74, 6) is -1.23. The Morgan fingerprint density at radius 3 is 2.03 bits per heavy atom. The normalized spacial score (nSPS) is 20.8. The highest BCUT2D eigenvalue weighted by Gasteiger charge is 2.51. The second kappa shape index (κ2) is 9.84. The number of carbonyl (C=O) groups excluding carboxylic acids is 2. The van der Waals surface area contributed by atoms with E-state index in [9.17, 15) is 24.6 Å².